The molecular weight excluding hydrogens is 1040 g/mol. The summed E-state index contributed by atoms with van der Waals surface area (Å²) in [7, 11) is 0. The fourth-order valence-electron chi connectivity index (χ4n) is 12.8. The van der Waals surface area contributed by atoms with Crippen LogP contribution in [0, 0.1) is 0 Å². The third-order valence-corrected chi connectivity index (χ3v) is 18.8. The van der Waals surface area contributed by atoms with E-state index in [-0.39, 0.29) is 18.5 Å². The molecule has 6 nitrogen and oxygen atoms in total. The van der Waals surface area contributed by atoms with Crippen LogP contribution in [0.3, 0.4) is 0 Å². The van der Waals surface area contributed by atoms with E-state index in [1.54, 1.807) is 6.08 Å². The van der Waals surface area contributed by atoms with E-state index in [0.717, 1.165) is 38.5 Å². The summed E-state index contributed by atoms with van der Waals surface area (Å²) in [4.78, 5) is 24.6. The van der Waals surface area contributed by atoms with Gasteiger partial charge >= 0.3 is 5.97 Å². The third-order valence-electron chi connectivity index (χ3n) is 18.8. The van der Waals surface area contributed by atoms with Gasteiger partial charge in [0.1, 0.15) is 0 Å². The zero-order valence-electron chi connectivity index (χ0n) is 58.1. The summed E-state index contributed by atoms with van der Waals surface area (Å²) in [6, 6.07) is -0.626. The highest BCUT2D eigenvalue weighted by atomic mass is 16.5. The molecule has 1 amide bonds. The number of ether oxygens (including phenoxy) is 1. The van der Waals surface area contributed by atoms with Crippen LogP contribution in [0.4, 0.5) is 0 Å². The maximum atomic E-state index is 12.6. The van der Waals surface area contributed by atoms with Gasteiger partial charge in [-0.25, -0.2) is 0 Å². The van der Waals surface area contributed by atoms with Crippen molar-refractivity contribution < 1.29 is 24.5 Å². The lowest BCUT2D eigenvalue weighted by molar-refractivity contribution is -0.143. The molecule has 0 aromatic heterocycles. The van der Waals surface area contributed by atoms with Crippen LogP contribution in [0.5, 0.6) is 0 Å². The highest BCUT2D eigenvalue weighted by Crippen LogP contribution is 2.20. The second-order valence-corrected chi connectivity index (χ2v) is 27.4. The Hall–Kier alpha value is -1.40. The topological polar surface area (TPSA) is 95.9 Å². The molecule has 0 bridgehead atoms. The minimum atomic E-state index is -0.843. The zero-order valence-corrected chi connectivity index (χ0v) is 58.1. The van der Waals surface area contributed by atoms with Gasteiger partial charge in [0, 0.05) is 12.8 Å². The van der Waals surface area contributed by atoms with Crippen molar-refractivity contribution in [1.29, 1.82) is 0 Å². The molecule has 0 radical (unpaired) electrons. The number of aliphatic hydroxyl groups is 2. The molecule has 85 heavy (non-hydrogen) atoms. The second-order valence-electron chi connectivity index (χ2n) is 27.4. The zero-order chi connectivity index (χ0) is 61.3. The highest BCUT2D eigenvalue weighted by molar-refractivity contribution is 5.76. The summed E-state index contributed by atoms with van der Waals surface area (Å²) in [6.07, 6.45) is 94.8. The van der Waals surface area contributed by atoms with E-state index in [0.29, 0.717) is 19.4 Å². The summed E-state index contributed by atoms with van der Waals surface area (Å²) in [5.41, 5.74) is 0. The number of rotatable bonds is 75. The van der Waals surface area contributed by atoms with E-state index in [1.165, 1.54) is 392 Å². The number of esters is 1. The fraction of sp³-hybridized carbons (Fsp3) is 0.949. The van der Waals surface area contributed by atoms with Crippen LogP contribution < -0.4 is 5.32 Å². The van der Waals surface area contributed by atoms with Crippen molar-refractivity contribution in [3.8, 4) is 0 Å². The Morgan fingerprint density at radius 2 is 0.541 bits per heavy atom. The van der Waals surface area contributed by atoms with Crippen molar-refractivity contribution in [1.82, 2.24) is 5.32 Å². The Bertz CT molecular complexity index is 1290. The summed E-state index contributed by atoms with van der Waals surface area (Å²) in [5.74, 6) is -0.0350. The Balaban J connectivity index is 3.35. The summed E-state index contributed by atoms with van der Waals surface area (Å²) < 4.78 is 5.50. The van der Waals surface area contributed by atoms with Crippen molar-refractivity contribution in [2.45, 2.75) is 469 Å². The molecule has 0 fully saturated rings. The molecule has 0 aromatic rings. The monoisotopic (exact) mass is 1200 g/mol. The minimum Gasteiger partial charge on any atom is -0.466 e. The van der Waals surface area contributed by atoms with E-state index in [9.17, 15) is 19.8 Å². The van der Waals surface area contributed by atoms with Gasteiger partial charge in [-0.05, 0) is 32.1 Å². The molecule has 0 aliphatic heterocycles. The molecule has 2 unspecified atom stereocenters. The number of aliphatic hydroxyl groups excluding tert-OH is 2. The normalized spacial score (nSPS) is 12.5. The number of amides is 1. The average Bonchev–Trinajstić information content (AvgIpc) is 3.51. The number of carbonyl (C=O) groups is 2. The number of hydrogen-bond donors (Lipinski definition) is 3. The molecule has 6 heteroatoms. The largest absolute Gasteiger partial charge is 0.466 e. The molecule has 0 heterocycles. The van der Waals surface area contributed by atoms with Gasteiger partial charge in [-0.1, -0.05) is 424 Å². The van der Waals surface area contributed by atoms with Gasteiger partial charge in [0.2, 0.25) is 5.91 Å². The van der Waals surface area contributed by atoms with Gasteiger partial charge < -0.3 is 20.3 Å². The smallest absolute Gasteiger partial charge is 0.305 e. The first kappa shape index (κ1) is 83.6. The third kappa shape index (κ3) is 71.6. The minimum absolute atomic E-state index is 0.0233. The predicted octanol–water partition coefficient (Wildman–Crippen LogP) is 25.9. The van der Waals surface area contributed by atoms with E-state index < -0.39 is 12.1 Å². The number of carbonyl (C=O) groups excluding carboxylic acids is 2. The first-order valence-electron chi connectivity index (χ1n) is 39.5. The molecule has 506 valence electrons. The maximum Gasteiger partial charge on any atom is 0.305 e. The van der Waals surface area contributed by atoms with E-state index in [1.807, 2.05) is 6.08 Å². The number of hydrogen-bond acceptors (Lipinski definition) is 5. The molecule has 0 aliphatic carbocycles. The van der Waals surface area contributed by atoms with Gasteiger partial charge in [0.05, 0.1) is 25.4 Å². The van der Waals surface area contributed by atoms with Gasteiger partial charge in [-0.15, -0.1) is 0 Å². The van der Waals surface area contributed by atoms with Crippen LogP contribution in [0.2, 0.25) is 0 Å². The van der Waals surface area contributed by atoms with Crippen LogP contribution in [-0.2, 0) is 14.3 Å². The molecule has 0 saturated carbocycles. The van der Waals surface area contributed by atoms with E-state index in [4.69, 9.17) is 4.74 Å². The first-order chi connectivity index (χ1) is 42.0. The SMILES string of the molecule is CCCCCCCCCCCCCCCCCCCCCCCC/C=C/C(O)C(CO)NC(=O)CCCCCCCCCCCCCCCCCCCCCCCCCCCCCCCCOC(=O)CCCCCCCCCCCCCCCC. The maximum absolute atomic E-state index is 12.6. The van der Waals surface area contributed by atoms with Gasteiger partial charge in [0.25, 0.3) is 0 Å². The average molecular weight is 1200 g/mol. The second kappa shape index (κ2) is 75.1. The molecule has 0 aromatic carbocycles. The lowest BCUT2D eigenvalue weighted by Crippen LogP contribution is -2.45. The lowest BCUT2D eigenvalue weighted by Gasteiger charge is -2.20. The van der Waals surface area contributed by atoms with Crippen LogP contribution >= 0.6 is 0 Å². The van der Waals surface area contributed by atoms with Crippen LogP contribution in [0.25, 0.3) is 0 Å². The Kier molecular flexibility index (Phi) is 73.8. The number of allylic oxidation sites excluding steroid dienone is 1. The Morgan fingerprint density at radius 3 is 0.800 bits per heavy atom. The summed E-state index contributed by atoms with van der Waals surface area (Å²) in [5, 5.41) is 23.3. The van der Waals surface area contributed by atoms with Gasteiger partial charge in [-0.3, -0.25) is 9.59 Å². The highest BCUT2D eigenvalue weighted by Gasteiger charge is 2.18. The van der Waals surface area contributed by atoms with Crippen molar-refractivity contribution in [2.75, 3.05) is 13.2 Å². The molecule has 0 saturated heterocycles. The summed E-state index contributed by atoms with van der Waals surface area (Å²) >= 11 is 0. The molecule has 0 spiro atoms. The van der Waals surface area contributed by atoms with Crippen molar-refractivity contribution in [3.05, 3.63) is 12.2 Å². The lowest BCUT2D eigenvalue weighted by atomic mass is 10.0. The van der Waals surface area contributed by atoms with Crippen molar-refractivity contribution >= 4 is 11.9 Å². The van der Waals surface area contributed by atoms with Crippen molar-refractivity contribution in [3.63, 3.8) is 0 Å². The van der Waals surface area contributed by atoms with Crippen LogP contribution in [0.15, 0.2) is 12.2 Å². The van der Waals surface area contributed by atoms with E-state index >= 15 is 0 Å². The summed E-state index contributed by atoms with van der Waals surface area (Å²) in [6.45, 7) is 4.97. The molecule has 0 aliphatic rings. The molecular formula is C79H155NO5. The van der Waals surface area contributed by atoms with Crippen molar-refractivity contribution in [2.24, 2.45) is 0 Å². The van der Waals surface area contributed by atoms with Crippen LogP contribution in [0.1, 0.15) is 457 Å². The van der Waals surface area contributed by atoms with Crippen LogP contribution in [-0.4, -0.2) is 47.4 Å². The molecule has 2 atom stereocenters. The van der Waals surface area contributed by atoms with Gasteiger partial charge in [0.15, 0.2) is 0 Å². The first-order valence-corrected chi connectivity index (χ1v) is 39.5. The Labute approximate surface area is 533 Å². The fourth-order valence-corrected chi connectivity index (χ4v) is 12.8. The standard InChI is InChI=1S/C79H155NO5/c1-3-5-7-9-11-13-15-17-19-20-21-22-23-32-35-38-41-44-47-51-55-59-63-67-71-77(82)76(75-81)80-78(83)72-68-64-60-56-52-48-45-42-39-36-33-30-28-26-24-25-27-29-31-34-37-40-43-46-50-54-58-62-66-70-74-85-79(84)73-69-65-61-57-53-49-18-16-14-12-10-8-6-4-2/h67,71,76-77,81-82H,3-66,68-70,72-75H2,1-2H3,(H,80,83)/b71-67+. The van der Waals surface area contributed by atoms with Gasteiger partial charge in [-0.2, -0.15) is 0 Å². The van der Waals surface area contributed by atoms with E-state index in [2.05, 4.69) is 19.2 Å². The molecule has 3 N–H and O–H groups in total. The Morgan fingerprint density at radius 1 is 0.318 bits per heavy atom. The number of unbranched alkanes of at least 4 members (excludes halogenated alkanes) is 64. The quantitative estimate of drug-likeness (QED) is 0.0320. The molecule has 0 rings (SSSR count). The number of nitrogens with one attached hydrogen (secondary N) is 1. The predicted molar refractivity (Wildman–Crippen MR) is 375 cm³/mol.